The average Bonchev–Trinajstić information content (AvgIpc) is 3.53. The smallest absolute Gasteiger partial charge is 0.249 e. The number of halogens is 1. The molecule has 2 atom stereocenters. The van der Waals surface area contributed by atoms with E-state index in [1.807, 2.05) is 11.5 Å². The zero-order valence-corrected chi connectivity index (χ0v) is 20.6. The van der Waals surface area contributed by atoms with Crippen LogP contribution in [0.3, 0.4) is 0 Å². The molecule has 2 aromatic carbocycles. The molecule has 0 fully saturated rings. The standard InChI is InChI=1S/C27H26FN5O4/c1-26(33-14-30-31-15-33)13-37-24-20(26)11-22(32-23(24)16-7-9-17(28)10-8-16)27(2,35)12-19-18(25(29)34)5-4-6-21(19)36-3/h4-11,14-15,35H,12-13H2,1-3H3,(H2,29,34)/t26-,27-/m0/s1. The molecule has 1 amide bonds. The van der Waals surface area contributed by atoms with Crippen molar-refractivity contribution in [1.29, 1.82) is 0 Å². The minimum absolute atomic E-state index is 0.00582. The first kappa shape index (κ1) is 24.4. The third-order valence-electron chi connectivity index (χ3n) is 6.85. The Kier molecular flexibility index (Phi) is 5.91. The number of pyridine rings is 1. The van der Waals surface area contributed by atoms with Gasteiger partial charge in [0.25, 0.3) is 0 Å². The first-order valence-corrected chi connectivity index (χ1v) is 11.6. The SMILES string of the molecule is COc1cccc(C(N)=O)c1C[C@](C)(O)c1cc2c(c(-c3ccc(F)cc3)n1)OC[C@]2(C)n1cnnc1. The Balaban J connectivity index is 1.69. The van der Waals surface area contributed by atoms with E-state index in [1.165, 1.54) is 19.2 Å². The maximum absolute atomic E-state index is 13.7. The lowest BCUT2D eigenvalue weighted by atomic mass is 9.86. The van der Waals surface area contributed by atoms with Gasteiger partial charge in [-0.05, 0) is 56.3 Å². The topological polar surface area (TPSA) is 125 Å². The molecule has 5 rings (SSSR count). The van der Waals surface area contributed by atoms with Crippen LogP contribution in [-0.4, -0.2) is 44.5 Å². The molecule has 0 saturated heterocycles. The molecular weight excluding hydrogens is 477 g/mol. The number of benzene rings is 2. The number of aliphatic hydroxyl groups is 1. The van der Waals surface area contributed by atoms with Gasteiger partial charge in [0.05, 0.1) is 12.8 Å². The molecule has 3 N–H and O–H groups in total. The summed E-state index contributed by atoms with van der Waals surface area (Å²) in [4.78, 5) is 17.0. The summed E-state index contributed by atoms with van der Waals surface area (Å²) in [6, 6.07) is 12.7. The van der Waals surface area contributed by atoms with Crippen molar-refractivity contribution in [2.75, 3.05) is 13.7 Å². The monoisotopic (exact) mass is 503 g/mol. The number of hydrogen-bond acceptors (Lipinski definition) is 7. The lowest BCUT2D eigenvalue weighted by Gasteiger charge is -2.28. The van der Waals surface area contributed by atoms with Gasteiger partial charge in [-0.25, -0.2) is 9.37 Å². The van der Waals surface area contributed by atoms with Crippen LogP contribution in [0, 0.1) is 5.82 Å². The van der Waals surface area contributed by atoms with Gasteiger partial charge >= 0.3 is 0 Å². The fourth-order valence-electron chi connectivity index (χ4n) is 4.72. The van der Waals surface area contributed by atoms with Gasteiger partial charge < -0.3 is 24.9 Å². The number of carbonyl (C=O) groups is 1. The molecule has 2 aromatic heterocycles. The molecule has 4 aromatic rings. The molecule has 1 aliphatic heterocycles. The van der Waals surface area contributed by atoms with Gasteiger partial charge in [0, 0.05) is 28.7 Å². The highest BCUT2D eigenvalue weighted by Crippen LogP contribution is 2.46. The lowest BCUT2D eigenvalue weighted by Crippen LogP contribution is -2.33. The fraction of sp³-hybridized carbons (Fsp3) is 0.259. The number of rotatable bonds is 7. The van der Waals surface area contributed by atoms with Crippen LogP contribution in [-0.2, 0) is 17.6 Å². The minimum atomic E-state index is -1.56. The molecular formula is C27H26FN5O4. The minimum Gasteiger partial charge on any atom is -0.496 e. The maximum atomic E-state index is 13.7. The highest BCUT2D eigenvalue weighted by Gasteiger charge is 2.42. The van der Waals surface area contributed by atoms with Gasteiger partial charge in [0.2, 0.25) is 5.91 Å². The highest BCUT2D eigenvalue weighted by molar-refractivity contribution is 5.95. The second kappa shape index (κ2) is 8.97. The van der Waals surface area contributed by atoms with Crippen LogP contribution in [0.25, 0.3) is 11.3 Å². The fourth-order valence-corrected chi connectivity index (χ4v) is 4.72. The van der Waals surface area contributed by atoms with Crippen LogP contribution in [0.15, 0.2) is 61.2 Å². The van der Waals surface area contributed by atoms with E-state index >= 15 is 0 Å². The van der Waals surface area contributed by atoms with E-state index in [0.29, 0.717) is 34.0 Å². The summed E-state index contributed by atoms with van der Waals surface area (Å²) in [7, 11) is 1.49. The third kappa shape index (κ3) is 4.19. The largest absolute Gasteiger partial charge is 0.496 e. The van der Waals surface area contributed by atoms with Gasteiger partial charge in [0.15, 0.2) is 5.75 Å². The van der Waals surface area contributed by atoms with Gasteiger partial charge in [-0.15, -0.1) is 10.2 Å². The molecule has 0 spiro atoms. The number of aromatic nitrogens is 4. The quantitative estimate of drug-likeness (QED) is 0.397. The highest BCUT2D eigenvalue weighted by atomic mass is 19.1. The van der Waals surface area contributed by atoms with Crippen LogP contribution in [0.4, 0.5) is 4.39 Å². The molecule has 1 aliphatic rings. The lowest BCUT2D eigenvalue weighted by molar-refractivity contribution is 0.0521. The predicted octanol–water partition coefficient (Wildman–Crippen LogP) is 3.19. The van der Waals surface area contributed by atoms with Crippen molar-refractivity contribution in [3.63, 3.8) is 0 Å². The van der Waals surface area contributed by atoms with Crippen molar-refractivity contribution in [2.24, 2.45) is 5.73 Å². The summed E-state index contributed by atoms with van der Waals surface area (Å²) in [5.74, 6) is -0.0622. The van der Waals surface area contributed by atoms with E-state index < -0.39 is 17.0 Å². The van der Waals surface area contributed by atoms with E-state index in [9.17, 15) is 14.3 Å². The van der Waals surface area contributed by atoms with E-state index in [2.05, 4.69) is 10.2 Å². The number of nitrogens with zero attached hydrogens (tertiary/aromatic N) is 4. The van der Waals surface area contributed by atoms with E-state index in [1.54, 1.807) is 56.0 Å². The number of nitrogens with two attached hydrogens (primary N) is 1. The Morgan fingerprint density at radius 3 is 2.59 bits per heavy atom. The summed E-state index contributed by atoms with van der Waals surface area (Å²) < 4.78 is 27.1. The molecule has 37 heavy (non-hydrogen) atoms. The summed E-state index contributed by atoms with van der Waals surface area (Å²) in [5, 5.41) is 19.7. The summed E-state index contributed by atoms with van der Waals surface area (Å²) in [6.07, 6.45) is 3.19. The van der Waals surface area contributed by atoms with Gasteiger partial charge in [-0.2, -0.15) is 0 Å². The number of primary amides is 1. The third-order valence-corrected chi connectivity index (χ3v) is 6.85. The molecule has 190 valence electrons. The molecule has 0 aliphatic carbocycles. The molecule has 3 heterocycles. The van der Waals surface area contributed by atoms with E-state index in [0.717, 1.165) is 5.56 Å². The second-order valence-corrected chi connectivity index (χ2v) is 9.47. The van der Waals surface area contributed by atoms with Crippen LogP contribution < -0.4 is 15.2 Å². The van der Waals surface area contributed by atoms with Crippen LogP contribution in [0.1, 0.15) is 41.0 Å². The number of fused-ring (bicyclic) bond motifs is 1. The zero-order chi connectivity index (χ0) is 26.4. The van der Waals surface area contributed by atoms with Gasteiger partial charge in [0.1, 0.15) is 47.7 Å². The second-order valence-electron chi connectivity index (χ2n) is 9.47. The molecule has 0 bridgehead atoms. The number of carbonyl (C=O) groups excluding carboxylic acids is 1. The Labute approximate surface area is 212 Å². The van der Waals surface area contributed by atoms with Crippen molar-refractivity contribution in [2.45, 2.75) is 31.4 Å². The Hall–Kier alpha value is -4.31. The molecule has 10 heteroatoms. The van der Waals surface area contributed by atoms with Crippen molar-refractivity contribution < 1.29 is 23.8 Å². The predicted molar refractivity (Wildman–Crippen MR) is 133 cm³/mol. The first-order valence-electron chi connectivity index (χ1n) is 11.6. The summed E-state index contributed by atoms with van der Waals surface area (Å²) >= 11 is 0. The maximum Gasteiger partial charge on any atom is 0.249 e. The van der Waals surface area contributed by atoms with E-state index in [-0.39, 0.29) is 24.4 Å². The summed E-state index contributed by atoms with van der Waals surface area (Å²) in [6.45, 7) is 3.86. The number of methoxy groups -OCH3 is 1. The van der Waals surface area contributed by atoms with Gasteiger partial charge in [-0.3, -0.25) is 4.79 Å². The van der Waals surface area contributed by atoms with Crippen molar-refractivity contribution in [3.05, 3.63) is 89.4 Å². The average molecular weight is 504 g/mol. The molecule has 0 saturated carbocycles. The molecule has 9 nitrogen and oxygen atoms in total. The van der Waals surface area contributed by atoms with Gasteiger partial charge in [-0.1, -0.05) is 6.07 Å². The number of ether oxygens (including phenoxy) is 2. The van der Waals surface area contributed by atoms with Crippen LogP contribution in [0.2, 0.25) is 0 Å². The van der Waals surface area contributed by atoms with Crippen LogP contribution >= 0.6 is 0 Å². The first-order chi connectivity index (χ1) is 17.6. The molecule has 0 radical (unpaired) electrons. The Morgan fingerprint density at radius 2 is 1.95 bits per heavy atom. The summed E-state index contributed by atoms with van der Waals surface area (Å²) in [5.41, 5.74) is 6.25. The van der Waals surface area contributed by atoms with Crippen LogP contribution in [0.5, 0.6) is 11.5 Å². The van der Waals surface area contributed by atoms with Crippen molar-refractivity contribution >= 4 is 5.91 Å². The Bertz CT molecular complexity index is 1470. The zero-order valence-electron chi connectivity index (χ0n) is 20.6. The van der Waals surface area contributed by atoms with E-state index in [4.69, 9.17) is 20.2 Å². The van der Waals surface area contributed by atoms with Crippen molar-refractivity contribution in [3.8, 4) is 22.8 Å². The molecule has 0 unspecified atom stereocenters. The number of amides is 1. The van der Waals surface area contributed by atoms with Crippen molar-refractivity contribution in [1.82, 2.24) is 19.7 Å². The number of hydrogen-bond donors (Lipinski definition) is 2. The normalized spacial score (nSPS) is 18.1. The Morgan fingerprint density at radius 1 is 1.24 bits per heavy atom.